The van der Waals surface area contributed by atoms with Crippen molar-refractivity contribution in [3.8, 4) is 0 Å². The lowest BCUT2D eigenvalue weighted by molar-refractivity contribution is -0.137. The van der Waals surface area contributed by atoms with E-state index in [0.717, 1.165) is 0 Å². The highest BCUT2D eigenvalue weighted by molar-refractivity contribution is 9.12. The van der Waals surface area contributed by atoms with E-state index in [0.29, 0.717) is 21.1 Å². The van der Waals surface area contributed by atoms with Crippen molar-refractivity contribution in [2.24, 2.45) is 5.16 Å². The number of rotatable bonds is 6. The van der Waals surface area contributed by atoms with Crippen LogP contribution in [-0.4, -0.2) is 53.2 Å². The number of carbonyl (C=O) groups excluding carboxylic acids is 1. The number of aliphatic carboxylic acids is 1. The zero-order chi connectivity index (χ0) is 17.9. The Morgan fingerprint density at radius 1 is 1.54 bits per heavy atom. The predicted molar refractivity (Wildman–Crippen MR) is 91.7 cm³/mol. The van der Waals surface area contributed by atoms with Gasteiger partial charge in [-0.05, 0) is 44.4 Å². The zero-order valence-corrected chi connectivity index (χ0v) is 15.9. The number of ether oxygens (including phenoxy) is 1. The Balaban J connectivity index is 2.00. The Morgan fingerprint density at radius 3 is 2.88 bits per heavy atom. The van der Waals surface area contributed by atoms with Gasteiger partial charge in [0.05, 0.1) is 16.1 Å². The van der Waals surface area contributed by atoms with E-state index in [-0.39, 0.29) is 25.1 Å². The summed E-state index contributed by atoms with van der Waals surface area (Å²) in [5.74, 6) is -0.939. The van der Waals surface area contributed by atoms with E-state index < -0.39 is 23.6 Å². The first-order valence-corrected chi connectivity index (χ1v) is 8.65. The third-order valence-electron chi connectivity index (χ3n) is 3.60. The van der Waals surface area contributed by atoms with Gasteiger partial charge in [0.15, 0.2) is 5.60 Å². The summed E-state index contributed by atoms with van der Waals surface area (Å²) < 4.78 is 6.14. The van der Waals surface area contributed by atoms with E-state index in [1.54, 1.807) is 6.08 Å². The van der Waals surface area contributed by atoms with Gasteiger partial charge < -0.3 is 25.1 Å². The van der Waals surface area contributed by atoms with Gasteiger partial charge in [-0.1, -0.05) is 5.16 Å². The summed E-state index contributed by atoms with van der Waals surface area (Å²) in [6, 6.07) is 0. The number of carbonyl (C=O) groups is 2. The number of carboxylic acids is 1. The number of halogens is 2. The van der Waals surface area contributed by atoms with Gasteiger partial charge in [-0.15, -0.1) is 0 Å². The number of allylic oxidation sites excluding steroid dienone is 1. The topological polar surface area (TPSA) is 117 Å². The summed E-state index contributed by atoms with van der Waals surface area (Å²) in [7, 11) is 1.47. The molecular weight excluding hydrogens is 452 g/mol. The second-order valence-electron chi connectivity index (χ2n) is 5.29. The SMILES string of the molecule is COC1=C(Br)[C@@H](O)[C@]2(C=C1Br)CC(C(=O)NCCCC(=O)O)=NO2. The molecule has 1 amide bonds. The predicted octanol–water partition coefficient (Wildman–Crippen LogP) is 1.39. The minimum absolute atomic E-state index is 0.0286. The van der Waals surface area contributed by atoms with Crippen LogP contribution < -0.4 is 5.32 Å². The van der Waals surface area contributed by atoms with Crippen LogP contribution in [0, 0.1) is 0 Å². The van der Waals surface area contributed by atoms with E-state index in [2.05, 4.69) is 42.3 Å². The Bertz CT molecular complexity index is 645. The van der Waals surface area contributed by atoms with Crippen LogP contribution in [0.25, 0.3) is 0 Å². The number of hydrogen-bond donors (Lipinski definition) is 3. The molecule has 0 saturated heterocycles. The van der Waals surface area contributed by atoms with Crippen LogP contribution in [0.5, 0.6) is 0 Å². The summed E-state index contributed by atoms with van der Waals surface area (Å²) >= 11 is 6.61. The smallest absolute Gasteiger partial charge is 0.303 e. The van der Waals surface area contributed by atoms with E-state index in [9.17, 15) is 14.7 Å². The summed E-state index contributed by atoms with van der Waals surface area (Å²) in [5, 5.41) is 25.4. The standard InChI is InChI=1S/C14H16Br2N2O6/c1-23-11-7(15)5-14(12(21)10(11)16)6-8(18-24-14)13(22)17-4-2-3-9(19)20/h5,12,21H,2-4,6H2,1H3,(H,17,22)(H,19,20)/t12-,14+/m1/s1. The third kappa shape index (κ3) is 3.81. The first-order chi connectivity index (χ1) is 11.3. The second-order valence-corrected chi connectivity index (χ2v) is 7.00. The zero-order valence-electron chi connectivity index (χ0n) is 12.7. The molecule has 0 unspecified atom stereocenters. The molecule has 2 atom stereocenters. The van der Waals surface area contributed by atoms with E-state index in [1.807, 2.05) is 0 Å². The second kappa shape index (κ2) is 7.66. The first kappa shape index (κ1) is 18.9. The first-order valence-electron chi connectivity index (χ1n) is 7.06. The molecule has 1 aliphatic heterocycles. The molecule has 3 N–H and O–H groups in total. The number of amides is 1. The third-order valence-corrected chi connectivity index (χ3v) is 4.98. The largest absolute Gasteiger partial charge is 0.495 e. The van der Waals surface area contributed by atoms with Crippen molar-refractivity contribution in [1.29, 1.82) is 0 Å². The number of nitrogens with zero attached hydrogens (tertiary/aromatic N) is 1. The van der Waals surface area contributed by atoms with Gasteiger partial charge in [0.25, 0.3) is 5.91 Å². The Kier molecular flexibility index (Phi) is 6.05. The molecule has 0 aromatic carbocycles. The minimum Gasteiger partial charge on any atom is -0.495 e. The molecule has 24 heavy (non-hydrogen) atoms. The fourth-order valence-corrected chi connectivity index (χ4v) is 4.15. The maximum Gasteiger partial charge on any atom is 0.303 e. The van der Waals surface area contributed by atoms with Gasteiger partial charge in [-0.25, -0.2) is 0 Å². The van der Waals surface area contributed by atoms with E-state index in [4.69, 9.17) is 14.7 Å². The molecule has 10 heteroatoms. The Labute approximate surface area is 154 Å². The fraction of sp³-hybridized carbons (Fsp3) is 0.500. The summed E-state index contributed by atoms with van der Waals surface area (Å²) in [5.41, 5.74) is -1.07. The number of methoxy groups -OCH3 is 1. The summed E-state index contributed by atoms with van der Waals surface area (Å²) in [6.45, 7) is 0.219. The molecular formula is C14H16Br2N2O6. The number of oxime groups is 1. The van der Waals surface area contributed by atoms with Crippen LogP contribution in [-0.2, 0) is 19.2 Å². The van der Waals surface area contributed by atoms with E-state index in [1.165, 1.54) is 7.11 Å². The Morgan fingerprint density at radius 2 is 2.25 bits per heavy atom. The molecule has 1 aliphatic carbocycles. The number of carboxylic acid groups (broad SMARTS) is 1. The number of hydrogen-bond acceptors (Lipinski definition) is 6. The molecule has 0 aromatic heterocycles. The molecule has 132 valence electrons. The van der Waals surface area contributed by atoms with Crippen LogP contribution in [0.1, 0.15) is 19.3 Å². The lowest BCUT2D eigenvalue weighted by Gasteiger charge is -2.33. The quantitative estimate of drug-likeness (QED) is 0.508. The highest BCUT2D eigenvalue weighted by atomic mass is 79.9. The number of nitrogens with one attached hydrogen (secondary N) is 1. The lowest BCUT2D eigenvalue weighted by atomic mass is 9.87. The van der Waals surface area contributed by atoms with Gasteiger partial charge in [0.1, 0.15) is 17.6 Å². The lowest BCUT2D eigenvalue weighted by Crippen LogP contribution is -2.45. The maximum absolute atomic E-state index is 12.1. The number of aliphatic hydroxyl groups excluding tert-OH is 1. The molecule has 0 bridgehead atoms. The molecule has 2 rings (SSSR count). The molecule has 2 aliphatic rings. The van der Waals surface area contributed by atoms with Crippen LogP contribution in [0.2, 0.25) is 0 Å². The summed E-state index contributed by atoms with van der Waals surface area (Å²) in [6.07, 6.45) is 0.879. The maximum atomic E-state index is 12.1. The fourth-order valence-electron chi connectivity index (χ4n) is 2.36. The van der Waals surface area contributed by atoms with Crippen molar-refractivity contribution >= 4 is 49.4 Å². The molecule has 8 nitrogen and oxygen atoms in total. The van der Waals surface area contributed by atoms with Crippen molar-refractivity contribution in [3.63, 3.8) is 0 Å². The molecule has 1 heterocycles. The van der Waals surface area contributed by atoms with Gasteiger partial charge in [-0.2, -0.15) is 0 Å². The van der Waals surface area contributed by atoms with Crippen LogP contribution in [0.3, 0.4) is 0 Å². The van der Waals surface area contributed by atoms with E-state index >= 15 is 0 Å². The summed E-state index contributed by atoms with van der Waals surface area (Å²) in [4.78, 5) is 27.9. The van der Waals surface area contributed by atoms with Crippen LogP contribution >= 0.6 is 31.9 Å². The minimum atomic E-state index is -1.20. The monoisotopic (exact) mass is 466 g/mol. The molecule has 0 saturated carbocycles. The van der Waals surface area contributed by atoms with Crippen molar-refractivity contribution in [1.82, 2.24) is 5.32 Å². The van der Waals surface area contributed by atoms with Crippen molar-refractivity contribution < 1.29 is 29.4 Å². The number of aliphatic hydroxyl groups is 1. The highest BCUT2D eigenvalue weighted by Crippen LogP contribution is 2.43. The van der Waals surface area contributed by atoms with Gasteiger partial charge in [0.2, 0.25) is 0 Å². The van der Waals surface area contributed by atoms with Crippen molar-refractivity contribution in [2.75, 3.05) is 13.7 Å². The van der Waals surface area contributed by atoms with Gasteiger partial charge in [-0.3, -0.25) is 9.59 Å². The molecule has 0 aromatic rings. The molecule has 0 fully saturated rings. The normalized spacial score (nSPS) is 25.9. The van der Waals surface area contributed by atoms with Crippen LogP contribution in [0.15, 0.2) is 26.0 Å². The van der Waals surface area contributed by atoms with Crippen LogP contribution in [0.4, 0.5) is 0 Å². The van der Waals surface area contributed by atoms with Gasteiger partial charge in [0, 0.05) is 19.4 Å². The molecule has 1 spiro atoms. The van der Waals surface area contributed by atoms with Gasteiger partial charge >= 0.3 is 5.97 Å². The molecule has 0 radical (unpaired) electrons. The highest BCUT2D eigenvalue weighted by Gasteiger charge is 2.50. The van der Waals surface area contributed by atoms with Crippen molar-refractivity contribution in [3.05, 3.63) is 20.8 Å². The Hall–Kier alpha value is -1.39. The average Bonchev–Trinajstić information content (AvgIpc) is 2.94. The average molecular weight is 468 g/mol. The van der Waals surface area contributed by atoms with Crippen molar-refractivity contribution in [2.45, 2.75) is 31.0 Å².